The standard InChI is InChI=1S/C8H16N2O4/c1-8(7(13)14,10(2,3)4)9-5-6(11)12/h9H,5H2,1-4H3,(H-,11,12,13,14). The summed E-state index contributed by atoms with van der Waals surface area (Å²) in [7, 11) is 4.93. The average Bonchev–Trinajstić information content (AvgIpc) is 1.97. The van der Waals surface area contributed by atoms with E-state index in [1.54, 1.807) is 21.1 Å². The molecule has 0 rings (SSSR count). The Hall–Kier alpha value is -1.14. The van der Waals surface area contributed by atoms with E-state index in [1.807, 2.05) is 0 Å². The van der Waals surface area contributed by atoms with Gasteiger partial charge in [0.15, 0.2) is 5.66 Å². The first kappa shape index (κ1) is 12.9. The van der Waals surface area contributed by atoms with Crippen molar-refractivity contribution in [2.24, 2.45) is 0 Å². The Morgan fingerprint density at radius 3 is 2.07 bits per heavy atom. The number of rotatable bonds is 5. The van der Waals surface area contributed by atoms with E-state index in [-0.39, 0.29) is 4.48 Å². The largest absolute Gasteiger partial charge is 0.543 e. The minimum absolute atomic E-state index is 0.0304. The van der Waals surface area contributed by atoms with Gasteiger partial charge in [-0.2, -0.15) is 0 Å². The van der Waals surface area contributed by atoms with E-state index >= 15 is 0 Å². The van der Waals surface area contributed by atoms with Gasteiger partial charge in [0, 0.05) is 6.92 Å². The van der Waals surface area contributed by atoms with Crippen LogP contribution in [0, 0.1) is 0 Å². The predicted octanol–water partition coefficient (Wildman–Crippen LogP) is -2.17. The summed E-state index contributed by atoms with van der Waals surface area (Å²) in [4.78, 5) is 21.2. The lowest BCUT2D eigenvalue weighted by Gasteiger charge is -2.44. The van der Waals surface area contributed by atoms with Crippen LogP contribution in [0.1, 0.15) is 6.92 Å². The van der Waals surface area contributed by atoms with E-state index in [2.05, 4.69) is 5.32 Å². The zero-order chi connectivity index (χ0) is 11.6. The van der Waals surface area contributed by atoms with Crippen LogP contribution in [-0.2, 0) is 9.59 Å². The van der Waals surface area contributed by atoms with Gasteiger partial charge >= 0.3 is 5.97 Å². The topological polar surface area (TPSA) is 89.5 Å². The molecule has 0 aliphatic heterocycles. The highest BCUT2D eigenvalue weighted by Crippen LogP contribution is 2.13. The van der Waals surface area contributed by atoms with Crippen LogP contribution >= 0.6 is 0 Å². The van der Waals surface area contributed by atoms with Gasteiger partial charge in [-0.25, -0.2) is 5.32 Å². The third-order valence-corrected chi connectivity index (χ3v) is 2.32. The lowest BCUT2D eigenvalue weighted by Crippen LogP contribution is -2.72. The van der Waals surface area contributed by atoms with Crippen molar-refractivity contribution in [1.82, 2.24) is 5.32 Å². The smallest absolute Gasteiger partial charge is 0.317 e. The molecule has 0 aliphatic carbocycles. The molecule has 0 heterocycles. The minimum Gasteiger partial charge on any atom is -0.543 e. The van der Waals surface area contributed by atoms with Crippen molar-refractivity contribution in [2.75, 3.05) is 27.7 Å². The van der Waals surface area contributed by atoms with E-state index in [1.165, 1.54) is 6.92 Å². The Morgan fingerprint density at radius 2 is 1.86 bits per heavy atom. The maximum Gasteiger partial charge on any atom is 0.317 e. The Balaban J connectivity index is 4.75. The summed E-state index contributed by atoms with van der Waals surface area (Å²) in [5.74, 6) is -2.43. The highest BCUT2D eigenvalue weighted by atomic mass is 16.4. The molecule has 0 saturated heterocycles. The number of aliphatic carboxylic acids is 2. The number of carbonyl (C=O) groups is 2. The molecule has 14 heavy (non-hydrogen) atoms. The van der Waals surface area contributed by atoms with E-state index in [0.29, 0.717) is 0 Å². The molecule has 82 valence electrons. The molecule has 0 spiro atoms. The summed E-state index contributed by atoms with van der Waals surface area (Å²) >= 11 is 0. The summed E-state index contributed by atoms with van der Waals surface area (Å²) in [6.07, 6.45) is 0. The van der Waals surface area contributed by atoms with Crippen LogP contribution in [-0.4, -0.2) is 54.9 Å². The summed E-state index contributed by atoms with van der Waals surface area (Å²) in [6.45, 7) is 0.977. The number of carboxylic acid groups (broad SMARTS) is 2. The molecule has 0 aromatic rings. The van der Waals surface area contributed by atoms with Gasteiger partial charge in [0.1, 0.15) is 5.97 Å². The maximum atomic E-state index is 10.9. The molecule has 2 N–H and O–H groups in total. The first-order chi connectivity index (χ1) is 6.11. The van der Waals surface area contributed by atoms with E-state index in [9.17, 15) is 14.7 Å². The Morgan fingerprint density at radius 1 is 1.43 bits per heavy atom. The monoisotopic (exact) mass is 204 g/mol. The highest BCUT2D eigenvalue weighted by molar-refractivity contribution is 5.76. The molecule has 0 fully saturated rings. The van der Waals surface area contributed by atoms with Crippen LogP contribution in [0.25, 0.3) is 0 Å². The zero-order valence-electron chi connectivity index (χ0n) is 8.83. The molecular formula is C8H16N2O4. The van der Waals surface area contributed by atoms with Gasteiger partial charge in [0.25, 0.3) is 0 Å². The SMILES string of the molecule is CC(NCC(=O)O)(C(=O)[O-])[N+](C)(C)C. The summed E-state index contributed by atoms with van der Waals surface area (Å²) < 4.78 is 0.0304. The minimum atomic E-state index is -1.42. The van der Waals surface area contributed by atoms with Crippen LogP contribution in [0.3, 0.4) is 0 Å². The van der Waals surface area contributed by atoms with Crippen LogP contribution in [0.5, 0.6) is 0 Å². The molecule has 0 radical (unpaired) electrons. The lowest BCUT2D eigenvalue weighted by molar-refractivity contribution is -0.917. The number of hydrogen-bond acceptors (Lipinski definition) is 4. The lowest BCUT2D eigenvalue weighted by atomic mass is 10.1. The van der Waals surface area contributed by atoms with Crippen LogP contribution in [0.15, 0.2) is 0 Å². The number of nitrogens with one attached hydrogen (secondary N) is 1. The van der Waals surface area contributed by atoms with Crippen LogP contribution < -0.4 is 10.4 Å². The molecule has 6 heteroatoms. The fraction of sp³-hybridized carbons (Fsp3) is 0.750. The van der Waals surface area contributed by atoms with Gasteiger partial charge in [0.2, 0.25) is 0 Å². The molecular weight excluding hydrogens is 188 g/mol. The van der Waals surface area contributed by atoms with Crippen LogP contribution in [0.4, 0.5) is 0 Å². The number of carboxylic acids is 2. The second kappa shape index (κ2) is 3.93. The number of quaternary nitrogens is 1. The molecule has 0 aliphatic rings. The molecule has 0 aromatic carbocycles. The second-order valence-electron chi connectivity index (χ2n) is 4.12. The predicted molar refractivity (Wildman–Crippen MR) is 47.1 cm³/mol. The molecule has 0 aromatic heterocycles. The third kappa shape index (κ3) is 2.68. The zero-order valence-corrected chi connectivity index (χ0v) is 8.83. The van der Waals surface area contributed by atoms with E-state index < -0.39 is 24.1 Å². The van der Waals surface area contributed by atoms with Crippen molar-refractivity contribution in [2.45, 2.75) is 12.6 Å². The number of nitrogens with zero attached hydrogens (tertiary/aromatic N) is 1. The molecule has 0 amide bonds. The highest BCUT2D eigenvalue weighted by Gasteiger charge is 2.39. The Labute approximate surface area is 82.7 Å². The molecule has 1 unspecified atom stereocenters. The van der Waals surface area contributed by atoms with E-state index in [0.717, 1.165) is 0 Å². The third-order valence-electron chi connectivity index (χ3n) is 2.32. The van der Waals surface area contributed by atoms with Crippen molar-refractivity contribution in [3.05, 3.63) is 0 Å². The average molecular weight is 204 g/mol. The van der Waals surface area contributed by atoms with Gasteiger partial charge in [-0.15, -0.1) is 0 Å². The number of carbonyl (C=O) groups excluding carboxylic acids is 1. The van der Waals surface area contributed by atoms with Gasteiger partial charge in [-0.05, 0) is 0 Å². The fourth-order valence-corrected chi connectivity index (χ4v) is 0.831. The Kier molecular flexibility index (Phi) is 3.61. The molecule has 0 saturated carbocycles. The Bertz CT molecular complexity index is 246. The quantitative estimate of drug-likeness (QED) is 0.393. The summed E-state index contributed by atoms with van der Waals surface area (Å²) in [5, 5.41) is 21.8. The van der Waals surface area contributed by atoms with Gasteiger partial charge < -0.3 is 19.5 Å². The molecule has 0 bridgehead atoms. The summed E-state index contributed by atoms with van der Waals surface area (Å²) in [5.41, 5.74) is -1.42. The normalized spacial score (nSPS) is 16.0. The van der Waals surface area contributed by atoms with Gasteiger partial charge in [0.05, 0.1) is 27.7 Å². The van der Waals surface area contributed by atoms with Gasteiger partial charge in [-0.3, -0.25) is 4.79 Å². The van der Waals surface area contributed by atoms with Gasteiger partial charge in [-0.1, -0.05) is 0 Å². The second-order valence-corrected chi connectivity index (χ2v) is 4.12. The van der Waals surface area contributed by atoms with Crippen molar-refractivity contribution in [3.8, 4) is 0 Å². The number of hydrogen-bond donors (Lipinski definition) is 2. The maximum absolute atomic E-state index is 10.9. The first-order valence-corrected chi connectivity index (χ1v) is 4.11. The van der Waals surface area contributed by atoms with Crippen molar-refractivity contribution < 1.29 is 24.3 Å². The van der Waals surface area contributed by atoms with Crippen LogP contribution in [0.2, 0.25) is 0 Å². The van der Waals surface area contributed by atoms with E-state index in [4.69, 9.17) is 5.11 Å². The van der Waals surface area contributed by atoms with Crippen molar-refractivity contribution in [3.63, 3.8) is 0 Å². The molecule has 1 atom stereocenters. The van der Waals surface area contributed by atoms with Crippen molar-refractivity contribution >= 4 is 11.9 Å². The fourth-order valence-electron chi connectivity index (χ4n) is 0.831. The summed E-state index contributed by atoms with van der Waals surface area (Å²) in [6, 6.07) is 0. The van der Waals surface area contributed by atoms with Crippen molar-refractivity contribution in [1.29, 1.82) is 0 Å². The first-order valence-electron chi connectivity index (χ1n) is 4.11. The number of likely N-dealkylation sites (N-methyl/N-ethyl adjacent to an activating group) is 1. The molecule has 6 nitrogen and oxygen atoms in total.